The minimum atomic E-state index is -3.64. The second-order valence-corrected chi connectivity index (χ2v) is 6.37. The molecule has 0 heterocycles. The van der Waals surface area contributed by atoms with Crippen molar-refractivity contribution in [3.8, 4) is 11.5 Å². The lowest BCUT2D eigenvalue weighted by Gasteiger charge is -2.13. The molecule has 0 aliphatic carbocycles. The fraction of sp³-hybridized carbons (Fsp3) is 0.0714. The zero-order valence-corrected chi connectivity index (χ0v) is 12.7. The van der Waals surface area contributed by atoms with Crippen LogP contribution in [-0.4, -0.2) is 20.6 Å². The number of anilines is 1. The van der Waals surface area contributed by atoms with Gasteiger partial charge in [-0.25, -0.2) is 17.2 Å². The molecule has 0 saturated carbocycles. The third kappa shape index (κ3) is 4.39. The Morgan fingerprint density at radius 1 is 1.13 bits per heavy atom. The van der Waals surface area contributed by atoms with Gasteiger partial charge in [-0.05, 0) is 30.3 Å². The van der Waals surface area contributed by atoms with Crippen LogP contribution in [0.15, 0.2) is 36.4 Å². The third-order valence-corrected chi connectivity index (χ3v) is 3.27. The Bertz CT molecular complexity index is 869. The van der Waals surface area contributed by atoms with Crippen LogP contribution in [0.2, 0.25) is 0 Å². The molecule has 2 aromatic carbocycles. The van der Waals surface area contributed by atoms with Gasteiger partial charge in [0.15, 0.2) is 17.3 Å². The van der Waals surface area contributed by atoms with E-state index in [0.717, 1.165) is 24.5 Å². The number of amides is 1. The van der Waals surface area contributed by atoms with Crippen LogP contribution in [0.5, 0.6) is 11.5 Å². The predicted molar refractivity (Wildman–Crippen MR) is 79.9 cm³/mol. The van der Waals surface area contributed by atoms with Gasteiger partial charge in [0, 0.05) is 11.6 Å². The van der Waals surface area contributed by atoms with Gasteiger partial charge >= 0.3 is 0 Å². The second-order valence-electron chi connectivity index (χ2n) is 4.63. The number of rotatable bonds is 5. The maximum absolute atomic E-state index is 13.7. The first-order valence-corrected chi connectivity index (χ1v) is 8.09. The van der Waals surface area contributed by atoms with Crippen LogP contribution in [0.25, 0.3) is 0 Å². The predicted octanol–water partition coefficient (Wildman–Crippen LogP) is 2.23. The summed E-state index contributed by atoms with van der Waals surface area (Å²) in [5.41, 5.74) is 5.15. The summed E-state index contributed by atoms with van der Waals surface area (Å²) in [6.07, 6.45) is 0.914. The number of sulfonamides is 1. The van der Waals surface area contributed by atoms with Gasteiger partial charge < -0.3 is 10.5 Å². The molecule has 0 aliphatic rings. The van der Waals surface area contributed by atoms with Gasteiger partial charge in [-0.2, -0.15) is 0 Å². The van der Waals surface area contributed by atoms with Gasteiger partial charge in [-0.15, -0.1) is 0 Å². The molecule has 0 saturated heterocycles. The normalized spacial score (nSPS) is 11.1. The highest BCUT2D eigenvalue weighted by Gasteiger charge is 2.14. The molecule has 0 aromatic heterocycles. The average Bonchev–Trinajstić information content (AvgIpc) is 2.41. The van der Waals surface area contributed by atoms with Crippen LogP contribution in [0.4, 0.5) is 14.5 Å². The molecule has 0 fully saturated rings. The molecule has 122 valence electrons. The summed E-state index contributed by atoms with van der Waals surface area (Å²) in [4.78, 5) is 11.2. The highest BCUT2D eigenvalue weighted by molar-refractivity contribution is 7.92. The fourth-order valence-electron chi connectivity index (χ4n) is 1.72. The molecule has 1 amide bonds. The number of hydrogen-bond acceptors (Lipinski definition) is 4. The molecule has 6 nitrogen and oxygen atoms in total. The molecule has 0 unspecified atom stereocenters. The Kier molecular flexibility index (Phi) is 4.50. The van der Waals surface area contributed by atoms with Crippen LogP contribution >= 0.6 is 0 Å². The van der Waals surface area contributed by atoms with E-state index in [9.17, 15) is 22.0 Å². The number of primary amides is 1. The van der Waals surface area contributed by atoms with Crippen molar-refractivity contribution >= 4 is 21.6 Å². The van der Waals surface area contributed by atoms with Crippen molar-refractivity contribution in [2.45, 2.75) is 0 Å². The van der Waals surface area contributed by atoms with E-state index in [2.05, 4.69) is 4.72 Å². The Balaban J connectivity index is 2.48. The minimum absolute atomic E-state index is 0.0266. The summed E-state index contributed by atoms with van der Waals surface area (Å²) >= 11 is 0. The Morgan fingerprint density at radius 2 is 1.83 bits per heavy atom. The van der Waals surface area contributed by atoms with Crippen LogP contribution in [0, 0.1) is 11.6 Å². The first kappa shape index (κ1) is 16.7. The van der Waals surface area contributed by atoms with Crippen LogP contribution in [-0.2, 0) is 10.0 Å². The number of nitrogens with two attached hydrogens (primary N) is 1. The Labute approximate surface area is 130 Å². The Hall–Kier alpha value is -2.68. The Morgan fingerprint density at radius 3 is 2.39 bits per heavy atom. The maximum Gasteiger partial charge on any atom is 0.248 e. The molecule has 0 spiro atoms. The number of carbonyl (C=O) groups is 1. The quantitative estimate of drug-likeness (QED) is 0.870. The topological polar surface area (TPSA) is 98.5 Å². The molecule has 9 heteroatoms. The van der Waals surface area contributed by atoms with Crippen LogP contribution < -0.4 is 15.2 Å². The average molecular weight is 342 g/mol. The number of benzene rings is 2. The summed E-state index contributed by atoms with van der Waals surface area (Å²) in [7, 11) is -3.64. The minimum Gasteiger partial charge on any atom is -0.452 e. The summed E-state index contributed by atoms with van der Waals surface area (Å²) in [5.74, 6) is -3.06. The maximum atomic E-state index is 13.7. The molecule has 0 bridgehead atoms. The second kappa shape index (κ2) is 6.21. The first-order chi connectivity index (χ1) is 10.7. The van der Waals surface area contributed by atoms with Crippen molar-refractivity contribution in [3.05, 3.63) is 53.6 Å². The van der Waals surface area contributed by atoms with Crippen LogP contribution in [0.3, 0.4) is 0 Å². The van der Waals surface area contributed by atoms with E-state index in [-0.39, 0.29) is 22.7 Å². The zero-order chi connectivity index (χ0) is 17.2. The van der Waals surface area contributed by atoms with E-state index in [1.807, 2.05) is 0 Å². The van der Waals surface area contributed by atoms with E-state index in [1.54, 1.807) is 0 Å². The number of carbonyl (C=O) groups excluding carboxylic acids is 1. The van der Waals surface area contributed by atoms with E-state index in [4.69, 9.17) is 10.5 Å². The largest absolute Gasteiger partial charge is 0.452 e. The van der Waals surface area contributed by atoms with Crippen molar-refractivity contribution in [2.75, 3.05) is 11.0 Å². The highest BCUT2D eigenvalue weighted by atomic mass is 32.2. The number of hydrogen-bond donors (Lipinski definition) is 2. The van der Waals surface area contributed by atoms with Crippen molar-refractivity contribution in [1.29, 1.82) is 0 Å². The van der Waals surface area contributed by atoms with Gasteiger partial charge in [0.1, 0.15) is 5.82 Å². The smallest absolute Gasteiger partial charge is 0.248 e. The fourth-order valence-corrected chi connectivity index (χ4v) is 2.29. The van der Waals surface area contributed by atoms with E-state index in [0.29, 0.717) is 6.07 Å². The van der Waals surface area contributed by atoms with Crippen molar-refractivity contribution in [3.63, 3.8) is 0 Å². The zero-order valence-electron chi connectivity index (χ0n) is 11.8. The molecule has 2 rings (SSSR count). The van der Waals surface area contributed by atoms with Crippen molar-refractivity contribution in [1.82, 2.24) is 0 Å². The molecule has 0 atom stereocenters. The molecular formula is C14H12F2N2O4S. The first-order valence-electron chi connectivity index (χ1n) is 6.20. The van der Waals surface area contributed by atoms with Gasteiger partial charge in [-0.3, -0.25) is 9.52 Å². The van der Waals surface area contributed by atoms with Gasteiger partial charge in [-0.1, -0.05) is 0 Å². The van der Waals surface area contributed by atoms with E-state index < -0.39 is 27.6 Å². The van der Waals surface area contributed by atoms with Gasteiger partial charge in [0.25, 0.3) is 0 Å². The molecule has 3 N–H and O–H groups in total. The summed E-state index contributed by atoms with van der Waals surface area (Å²) in [6.45, 7) is 0. The lowest BCUT2D eigenvalue weighted by molar-refractivity contribution is 0.1000. The summed E-state index contributed by atoms with van der Waals surface area (Å²) in [5, 5.41) is 0. The van der Waals surface area contributed by atoms with Gasteiger partial charge in [0.2, 0.25) is 15.9 Å². The number of halogens is 2. The van der Waals surface area contributed by atoms with E-state index >= 15 is 0 Å². The molecule has 23 heavy (non-hydrogen) atoms. The van der Waals surface area contributed by atoms with E-state index in [1.165, 1.54) is 12.1 Å². The lowest BCUT2D eigenvalue weighted by atomic mass is 10.2. The van der Waals surface area contributed by atoms with Crippen LogP contribution in [0.1, 0.15) is 10.4 Å². The monoisotopic (exact) mass is 342 g/mol. The standard InChI is InChI=1S/C14H12F2N2O4S/c1-23(20,21)18-11-4-2-8(14(17)19)6-13(11)22-12-5-3-9(15)7-10(12)16/h2-7,18H,1H3,(H2,17,19). The van der Waals surface area contributed by atoms with Crippen molar-refractivity contribution < 1.29 is 26.7 Å². The number of nitrogens with one attached hydrogen (secondary N) is 1. The summed E-state index contributed by atoms with van der Waals surface area (Å²) in [6, 6.07) is 6.29. The molecular weight excluding hydrogens is 330 g/mol. The SMILES string of the molecule is CS(=O)(=O)Nc1ccc(C(N)=O)cc1Oc1ccc(F)cc1F. The third-order valence-electron chi connectivity index (χ3n) is 2.68. The van der Waals surface area contributed by atoms with Crippen molar-refractivity contribution in [2.24, 2.45) is 5.73 Å². The summed E-state index contributed by atoms with van der Waals surface area (Å²) < 4.78 is 56.7. The number of ether oxygens (including phenoxy) is 1. The van der Waals surface area contributed by atoms with Gasteiger partial charge in [0.05, 0.1) is 11.9 Å². The highest BCUT2D eigenvalue weighted by Crippen LogP contribution is 2.32. The molecule has 0 aliphatic heterocycles. The lowest BCUT2D eigenvalue weighted by Crippen LogP contribution is -2.13. The molecule has 0 radical (unpaired) electrons. The molecule has 2 aromatic rings.